The maximum Gasteiger partial charge on any atom is 0.272 e. The first kappa shape index (κ1) is 16.5. The topological polar surface area (TPSA) is 46.4 Å². The zero-order valence-electron chi connectivity index (χ0n) is 13.6. The van der Waals surface area contributed by atoms with Gasteiger partial charge in [0, 0.05) is 33.2 Å². The largest absolute Gasteiger partial charge is 0.344 e. The molecule has 5 heteroatoms. The van der Waals surface area contributed by atoms with Crippen molar-refractivity contribution < 1.29 is 4.79 Å². The number of aryl methyl sites for hydroxylation is 1. The van der Waals surface area contributed by atoms with Gasteiger partial charge in [-0.1, -0.05) is 30.3 Å². The molecule has 0 atom stereocenters. The minimum atomic E-state index is -0.240. The molecule has 3 aromatic rings. The van der Waals surface area contributed by atoms with E-state index >= 15 is 0 Å². The van der Waals surface area contributed by atoms with E-state index in [0.717, 1.165) is 27.7 Å². The van der Waals surface area contributed by atoms with E-state index in [1.54, 1.807) is 12.3 Å². The summed E-state index contributed by atoms with van der Waals surface area (Å²) >= 11 is 3.37. The van der Waals surface area contributed by atoms with Crippen LogP contribution in [0.5, 0.6) is 0 Å². The van der Waals surface area contributed by atoms with E-state index in [1.807, 2.05) is 30.3 Å². The highest BCUT2D eigenvalue weighted by atomic mass is 79.9. The molecule has 0 radical (unpaired) electrons. The predicted octanol–water partition coefficient (Wildman–Crippen LogP) is 4.50. The summed E-state index contributed by atoms with van der Waals surface area (Å²) in [5, 5.41) is 5.29. The molecule has 0 aliphatic carbocycles. The van der Waals surface area contributed by atoms with Gasteiger partial charge in [0.25, 0.3) is 5.91 Å². The Morgan fingerprint density at radius 3 is 2.67 bits per heavy atom. The van der Waals surface area contributed by atoms with E-state index in [1.165, 1.54) is 5.52 Å². The van der Waals surface area contributed by atoms with E-state index in [9.17, 15) is 4.79 Å². The van der Waals surface area contributed by atoms with Gasteiger partial charge >= 0.3 is 0 Å². The molecule has 3 rings (SSSR count). The molecule has 2 aromatic carbocycles. The number of carbonyl (C=O) groups is 1. The van der Waals surface area contributed by atoms with E-state index in [2.05, 4.69) is 57.0 Å². The molecule has 1 heterocycles. The number of amides is 1. The second-order valence-electron chi connectivity index (χ2n) is 5.44. The van der Waals surface area contributed by atoms with Crippen LogP contribution >= 0.6 is 15.9 Å². The lowest BCUT2D eigenvalue weighted by atomic mass is 10.1. The van der Waals surface area contributed by atoms with Crippen LogP contribution in [0.3, 0.4) is 0 Å². The van der Waals surface area contributed by atoms with Gasteiger partial charge in [-0.2, -0.15) is 5.10 Å². The average Bonchev–Trinajstić information content (AvgIpc) is 2.86. The van der Waals surface area contributed by atoms with Gasteiger partial charge in [0.15, 0.2) is 0 Å². The Balaban J connectivity index is 1.88. The second-order valence-corrected chi connectivity index (χ2v) is 6.29. The Morgan fingerprint density at radius 1 is 1.21 bits per heavy atom. The van der Waals surface area contributed by atoms with Gasteiger partial charge in [-0.3, -0.25) is 4.79 Å². The quantitative estimate of drug-likeness (QED) is 0.523. The van der Waals surface area contributed by atoms with Crippen molar-refractivity contribution in [3.63, 3.8) is 0 Å². The maximum atomic E-state index is 12.2. The Hall–Kier alpha value is -2.40. The van der Waals surface area contributed by atoms with Crippen LogP contribution in [0.1, 0.15) is 28.5 Å². The minimum Gasteiger partial charge on any atom is -0.344 e. The zero-order chi connectivity index (χ0) is 17.1. The van der Waals surface area contributed by atoms with Crippen molar-refractivity contribution in [2.75, 3.05) is 0 Å². The molecule has 122 valence electrons. The summed E-state index contributed by atoms with van der Waals surface area (Å²) in [6.45, 7) is 5.08. The molecule has 24 heavy (non-hydrogen) atoms. The van der Waals surface area contributed by atoms with Crippen molar-refractivity contribution in [1.29, 1.82) is 0 Å². The molecule has 0 spiro atoms. The molecule has 0 aliphatic heterocycles. The number of nitrogens with one attached hydrogen (secondary N) is 1. The van der Waals surface area contributed by atoms with E-state index in [-0.39, 0.29) is 5.91 Å². The summed E-state index contributed by atoms with van der Waals surface area (Å²) in [6.07, 6.45) is 1.72. The van der Waals surface area contributed by atoms with Crippen molar-refractivity contribution in [3.05, 3.63) is 69.8 Å². The molecule has 0 fully saturated rings. The van der Waals surface area contributed by atoms with Crippen molar-refractivity contribution in [2.24, 2.45) is 5.10 Å². The number of nitrogens with zero attached hydrogens (tertiary/aromatic N) is 2. The number of aromatic nitrogens is 1. The summed E-state index contributed by atoms with van der Waals surface area (Å²) in [7, 11) is 0. The van der Waals surface area contributed by atoms with E-state index in [0.29, 0.717) is 5.56 Å². The number of para-hydroxylation sites is 1. The van der Waals surface area contributed by atoms with Gasteiger partial charge in [0.1, 0.15) is 0 Å². The highest BCUT2D eigenvalue weighted by Gasteiger charge is 2.11. The Labute approximate surface area is 149 Å². The standard InChI is InChI=1S/C19H18BrN3O/c1-3-23-13(2)16(14-8-5-7-11-18(14)23)12-21-22-19(24)15-9-4-6-10-17(15)20/h4-12H,3H2,1-2H3,(H,22,24)/b21-12+. The number of benzene rings is 2. The van der Waals surface area contributed by atoms with Gasteiger partial charge in [0.2, 0.25) is 0 Å². The van der Waals surface area contributed by atoms with Crippen LogP contribution in [-0.4, -0.2) is 16.7 Å². The van der Waals surface area contributed by atoms with Crippen LogP contribution in [0.15, 0.2) is 58.1 Å². The molecule has 1 N–H and O–H groups in total. The molecule has 0 saturated carbocycles. The van der Waals surface area contributed by atoms with Crippen LogP contribution in [0, 0.1) is 6.92 Å². The van der Waals surface area contributed by atoms with E-state index < -0.39 is 0 Å². The monoisotopic (exact) mass is 383 g/mol. The van der Waals surface area contributed by atoms with Crippen LogP contribution < -0.4 is 5.43 Å². The number of hydrogen-bond donors (Lipinski definition) is 1. The van der Waals surface area contributed by atoms with Gasteiger partial charge in [-0.25, -0.2) is 5.43 Å². The fourth-order valence-electron chi connectivity index (χ4n) is 2.89. The van der Waals surface area contributed by atoms with Gasteiger partial charge in [-0.05, 0) is 48.0 Å². The fourth-order valence-corrected chi connectivity index (χ4v) is 3.35. The van der Waals surface area contributed by atoms with Crippen LogP contribution in [0.25, 0.3) is 10.9 Å². The van der Waals surface area contributed by atoms with Crippen molar-refractivity contribution in [1.82, 2.24) is 9.99 Å². The Morgan fingerprint density at radius 2 is 1.92 bits per heavy atom. The predicted molar refractivity (Wildman–Crippen MR) is 102 cm³/mol. The normalized spacial score (nSPS) is 11.3. The van der Waals surface area contributed by atoms with Crippen molar-refractivity contribution in [2.45, 2.75) is 20.4 Å². The lowest BCUT2D eigenvalue weighted by molar-refractivity contribution is 0.0954. The molecule has 1 amide bonds. The third-order valence-electron chi connectivity index (χ3n) is 4.07. The first-order chi connectivity index (χ1) is 11.6. The van der Waals surface area contributed by atoms with Crippen LogP contribution in [0.4, 0.5) is 0 Å². The molecule has 4 nitrogen and oxygen atoms in total. The van der Waals surface area contributed by atoms with Gasteiger partial charge in [0.05, 0.1) is 11.8 Å². The average molecular weight is 384 g/mol. The lowest BCUT2D eigenvalue weighted by Crippen LogP contribution is -2.18. The van der Waals surface area contributed by atoms with Crippen molar-refractivity contribution >= 4 is 39.0 Å². The first-order valence-electron chi connectivity index (χ1n) is 7.79. The number of halogens is 1. The number of hydrogen-bond acceptors (Lipinski definition) is 2. The lowest BCUT2D eigenvalue weighted by Gasteiger charge is -2.03. The zero-order valence-corrected chi connectivity index (χ0v) is 15.2. The van der Waals surface area contributed by atoms with E-state index in [4.69, 9.17) is 0 Å². The van der Waals surface area contributed by atoms with Gasteiger partial charge < -0.3 is 4.57 Å². The van der Waals surface area contributed by atoms with Crippen LogP contribution in [-0.2, 0) is 6.54 Å². The van der Waals surface area contributed by atoms with Crippen LogP contribution in [0.2, 0.25) is 0 Å². The number of hydrazone groups is 1. The minimum absolute atomic E-state index is 0.240. The summed E-state index contributed by atoms with van der Waals surface area (Å²) in [4.78, 5) is 12.2. The molecular weight excluding hydrogens is 366 g/mol. The highest BCUT2D eigenvalue weighted by molar-refractivity contribution is 9.10. The second kappa shape index (κ2) is 7.01. The maximum absolute atomic E-state index is 12.2. The van der Waals surface area contributed by atoms with Crippen molar-refractivity contribution in [3.8, 4) is 0 Å². The smallest absolute Gasteiger partial charge is 0.272 e. The number of fused-ring (bicyclic) bond motifs is 1. The Kier molecular flexibility index (Phi) is 4.81. The summed E-state index contributed by atoms with van der Waals surface area (Å²) in [5.74, 6) is -0.240. The summed E-state index contributed by atoms with van der Waals surface area (Å²) in [5.41, 5.74) is 6.50. The highest BCUT2D eigenvalue weighted by Crippen LogP contribution is 2.24. The number of carbonyl (C=O) groups excluding carboxylic acids is 1. The Bertz CT molecular complexity index is 928. The first-order valence-corrected chi connectivity index (χ1v) is 8.58. The number of rotatable bonds is 4. The molecule has 1 aromatic heterocycles. The third kappa shape index (κ3) is 2.99. The fraction of sp³-hybridized carbons (Fsp3) is 0.158. The summed E-state index contributed by atoms with van der Waals surface area (Å²) in [6, 6.07) is 15.5. The molecular formula is C19H18BrN3O. The van der Waals surface area contributed by atoms with Gasteiger partial charge in [-0.15, -0.1) is 0 Å². The third-order valence-corrected chi connectivity index (χ3v) is 4.77. The molecule has 0 saturated heterocycles. The molecule has 0 unspecified atom stereocenters. The molecule has 0 aliphatic rings. The summed E-state index contributed by atoms with van der Waals surface area (Å²) < 4.78 is 2.99. The SMILES string of the molecule is CCn1c(C)c(/C=N/NC(=O)c2ccccc2Br)c2ccccc21. The molecule has 0 bridgehead atoms.